The zero-order chi connectivity index (χ0) is 7.72. The molecular weight excluding hydrogens is 124 g/mol. The van der Waals surface area contributed by atoms with E-state index in [2.05, 4.69) is 0 Å². The summed E-state index contributed by atoms with van der Waals surface area (Å²) in [7, 11) is 0. The maximum Gasteiger partial charge on any atom is 0.199 e. The molecule has 3 N–H and O–H groups in total. The summed E-state index contributed by atoms with van der Waals surface area (Å²) < 4.78 is 0. The summed E-state index contributed by atoms with van der Waals surface area (Å²) >= 11 is 0. The van der Waals surface area contributed by atoms with Crippen molar-refractivity contribution in [3.63, 3.8) is 0 Å². The lowest BCUT2D eigenvalue weighted by Gasteiger charge is -2.04. The molecule has 0 radical (unpaired) electrons. The monoisotopic (exact) mass is 135 g/mol. The zero-order valence-corrected chi connectivity index (χ0v) is 6.23. The summed E-state index contributed by atoms with van der Waals surface area (Å²) in [4.78, 5) is 0. The highest BCUT2D eigenvalue weighted by molar-refractivity contribution is 6.20. The topological polar surface area (TPSA) is 49.4 Å². The lowest BCUT2D eigenvalue weighted by molar-refractivity contribution is -0.111. The Labute approximate surface area is 60.3 Å². The molecule has 0 amide bonds. The number of nitrogens with one attached hydrogen (secondary N) is 1. The maximum atomic E-state index is 7.40. The third kappa shape index (κ3) is 1.05. The van der Waals surface area contributed by atoms with E-state index in [0.717, 1.165) is 16.9 Å². The predicted molar refractivity (Wildman–Crippen MR) is 42.2 cm³/mol. The molecule has 0 aromatic rings. The molecule has 0 aliphatic heterocycles. The van der Waals surface area contributed by atoms with Gasteiger partial charge in [0.05, 0.1) is 5.71 Å². The first-order valence-electron chi connectivity index (χ1n) is 3.19. The highest BCUT2D eigenvalue weighted by Gasteiger charge is 2.11. The van der Waals surface area contributed by atoms with Gasteiger partial charge < -0.3 is 5.41 Å². The molecule has 2 heteroatoms. The second-order valence-electron chi connectivity index (χ2n) is 2.52. The van der Waals surface area contributed by atoms with Crippen molar-refractivity contribution in [3.05, 3.63) is 23.3 Å². The van der Waals surface area contributed by atoms with Crippen LogP contribution in [0.25, 0.3) is 0 Å². The summed E-state index contributed by atoms with van der Waals surface area (Å²) in [6, 6.07) is 0. The van der Waals surface area contributed by atoms with Gasteiger partial charge in [0.25, 0.3) is 0 Å². The van der Waals surface area contributed by atoms with E-state index in [1.165, 1.54) is 0 Å². The van der Waals surface area contributed by atoms with E-state index in [1.807, 2.05) is 19.9 Å². The first-order chi connectivity index (χ1) is 4.61. The van der Waals surface area contributed by atoms with Crippen LogP contribution in [0.1, 0.15) is 13.8 Å². The highest BCUT2D eigenvalue weighted by atomic mass is 14.5. The van der Waals surface area contributed by atoms with Crippen LogP contribution in [0, 0.1) is 5.41 Å². The fourth-order valence-electron chi connectivity index (χ4n) is 0.839. The number of rotatable bonds is 0. The largest absolute Gasteiger partial charge is 0.301 e. The van der Waals surface area contributed by atoms with Crippen LogP contribution in [0.2, 0.25) is 0 Å². The van der Waals surface area contributed by atoms with Gasteiger partial charge in [-0.3, -0.25) is 5.41 Å². The molecule has 0 spiro atoms. The molecular formula is C8H11N2+. The molecule has 0 atom stereocenters. The quantitative estimate of drug-likeness (QED) is 0.443. The van der Waals surface area contributed by atoms with Crippen molar-refractivity contribution in [1.29, 1.82) is 5.41 Å². The van der Waals surface area contributed by atoms with Gasteiger partial charge in [-0.15, -0.1) is 0 Å². The minimum atomic E-state index is 0.562. The Hall–Kier alpha value is -1.18. The molecule has 1 aliphatic carbocycles. The van der Waals surface area contributed by atoms with E-state index in [0.29, 0.717) is 5.71 Å². The van der Waals surface area contributed by atoms with E-state index in [1.54, 1.807) is 6.08 Å². The Morgan fingerprint density at radius 3 is 2.30 bits per heavy atom. The fraction of sp³-hybridized carbons (Fsp3) is 0.250. The standard InChI is InChI=1S/C8H10N2/c1-5-3-8(10)6(2)4-7(5)9/h3-4,9-10H,1-2H3/p+1. The number of hydrogen-bond acceptors (Lipinski definition) is 1. The first-order valence-corrected chi connectivity index (χ1v) is 3.19. The first kappa shape index (κ1) is 6.93. The number of nitrogens with two attached hydrogens (primary N) is 1. The fourth-order valence-corrected chi connectivity index (χ4v) is 0.839. The van der Waals surface area contributed by atoms with Gasteiger partial charge in [-0.25, -0.2) is 0 Å². The molecule has 0 heterocycles. The van der Waals surface area contributed by atoms with Crippen molar-refractivity contribution in [1.82, 2.24) is 0 Å². The van der Waals surface area contributed by atoms with Crippen molar-refractivity contribution in [2.45, 2.75) is 13.8 Å². The van der Waals surface area contributed by atoms with Crippen LogP contribution in [0.4, 0.5) is 0 Å². The van der Waals surface area contributed by atoms with Gasteiger partial charge in [-0.05, 0) is 25.5 Å². The molecule has 0 saturated carbocycles. The summed E-state index contributed by atoms with van der Waals surface area (Å²) in [5.41, 5.74) is 3.25. The van der Waals surface area contributed by atoms with Gasteiger partial charge >= 0.3 is 0 Å². The van der Waals surface area contributed by atoms with E-state index in [4.69, 9.17) is 10.8 Å². The molecule has 10 heavy (non-hydrogen) atoms. The lowest BCUT2D eigenvalue weighted by atomic mass is 9.98. The second-order valence-corrected chi connectivity index (χ2v) is 2.52. The summed E-state index contributed by atoms with van der Waals surface area (Å²) in [5, 5.41) is 13.0. The van der Waals surface area contributed by atoms with E-state index in [-0.39, 0.29) is 0 Å². The third-order valence-corrected chi connectivity index (χ3v) is 1.61. The van der Waals surface area contributed by atoms with Crippen LogP contribution in [-0.2, 0) is 0 Å². The zero-order valence-electron chi connectivity index (χ0n) is 6.23. The molecule has 0 unspecified atom stereocenters. The molecule has 0 fully saturated rings. The minimum absolute atomic E-state index is 0.562. The Morgan fingerprint density at radius 2 is 1.80 bits per heavy atom. The lowest BCUT2D eigenvalue weighted by Crippen LogP contribution is -2.40. The van der Waals surface area contributed by atoms with Crippen LogP contribution in [-0.4, -0.2) is 11.4 Å². The Morgan fingerprint density at radius 1 is 1.20 bits per heavy atom. The Bertz CT molecular complexity index is 228. The molecule has 2 nitrogen and oxygen atoms in total. The summed E-state index contributed by atoms with van der Waals surface area (Å²) in [5.74, 6) is 0. The van der Waals surface area contributed by atoms with Crippen LogP contribution in [0.5, 0.6) is 0 Å². The molecule has 0 saturated heterocycles. The molecule has 0 aromatic heterocycles. The van der Waals surface area contributed by atoms with Crippen molar-refractivity contribution < 1.29 is 5.41 Å². The highest BCUT2D eigenvalue weighted by Crippen LogP contribution is 2.08. The van der Waals surface area contributed by atoms with Crippen LogP contribution in [0.3, 0.4) is 0 Å². The second kappa shape index (κ2) is 2.21. The van der Waals surface area contributed by atoms with Crippen LogP contribution >= 0.6 is 0 Å². The van der Waals surface area contributed by atoms with E-state index < -0.39 is 0 Å². The molecule has 0 aromatic carbocycles. The van der Waals surface area contributed by atoms with Crippen molar-refractivity contribution in [2.75, 3.05) is 0 Å². The van der Waals surface area contributed by atoms with E-state index in [9.17, 15) is 0 Å². The van der Waals surface area contributed by atoms with Gasteiger partial charge in [0, 0.05) is 11.6 Å². The van der Waals surface area contributed by atoms with Crippen LogP contribution < -0.4 is 5.41 Å². The summed E-state index contributed by atoms with van der Waals surface area (Å²) in [6.07, 6.45) is 3.61. The van der Waals surface area contributed by atoms with Gasteiger partial charge in [0.1, 0.15) is 0 Å². The molecule has 1 aliphatic rings. The third-order valence-electron chi connectivity index (χ3n) is 1.61. The Balaban J connectivity index is 3.03. The molecule has 1 rings (SSSR count). The predicted octanol–water partition coefficient (Wildman–Crippen LogP) is 0.112. The number of allylic oxidation sites excluding steroid dienone is 4. The van der Waals surface area contributed by atoms with Gasteiger partial charge in [-0.2, -0.15) is 0 Å². The van der Waals surface area contributed by atoms with Crippen molar-refractivity contribution >= 4 is 11.4 Å². The van der Waals surface area contributed by atoms with Crippen molar-refractivity contribution in [3.8, 4) is 0 Å². The van der Waals surface area contributed by atoms with Gasteiger partial charge in [-0.1, -0.05) is 0 Å². The smallest absolute Gasteiger partial charge is 0.199 e. The summed E-state index contributed by atoms with van der Waals surface area (Å²) in [6.45, 7) is 3.80. The minimum Gasteiger partial charge on any atom is -0.301 e. The van der Waals surface area contributed by atoms with E-state index >= 15 is 0 Å². The maximum absolute atomic E-state index is 7.40. The van der Waals surface area contributed by atoms with Crippen molar-refractivity contribution in [2.24, 2.45) is 0 Å². The van der Waals surface area contributed by atoms with Gasteiger partial charge in [0.15, 0.2) is 5.71 Å². The van der Waals surface area contributed by atoms with Crippen LogP contribution in [0.15, 0.2) is 23.3 Å². The molecule has 52 valence electrons. The average Bonchev–Trinajstić information content (AvgIpc) is 1.84. The van der Waals surface area contributed by atoms with Gasteiger partial charge in [0.2, 0.25) is 0 Å². The number of hydrogen-bond donors (Lipinski definition) is 2. The molecule has 0 bridgehead atoms. The average molecular weight is 135 g/mol. The Kier molecular flexibility index (Phi) is 1.53. The SMILES string of the molecule is CC1=CC(=[NH2+])C(C)=CC1=N. The normalized spacial score (nSPS) is 18.6.